The molecule has 14 heteroatoms. The average molecular weight is 506 g/mol. The second-order valence-electron chi connectivity index (χ2n) is 5.56. The van der Waals surface area contributed by atoms with Crippen molar-refractivity contribution in [2.45, 2.75) is 0 Å². The van der Waals surface area contributed by atoms with Crippen molar-refractivity contribution in [1.82, 2.24) is 14.7 Å². The molecule has 0 amide bonds. The molecule has 0 saturated heterocycles. The first-order valence-electron chi connectivity index (χ1n) is 7.66. The second-order valence-corrected chi connectivity index (χ2v) is 5.56. The predicted octanol–water partition coefficient (Wildman–Crippen LogP) is -9.63. The van der Waals surface area contributed by atoms with E-state index >= 15 is 0 Å². The monoisotopic (exact) mass is 506 g/mol. The van der Waals surface area contributed by atoms with Crippen LogP contribution >= 0.6 is 0 Å². The van der Waals surface area contributed by atoms with E-state index in [0.29, 0.717) is 0 Å². The number of hydrogen-bond donors (Lipinski definition) is 0. The minimum absolute atomic E-state index is 0. The Labute approximate surface area is 178 Å². The zero-order valence-corrected chi connectivity index (χ0v) is 17.6. The standard InChI is InChI=1S/C14H23N3O10.Sn/c18-10(19)5-15(1-3-16(6-11(20)21)7-12(22)23)2-4-17(8-13(24)25)9-14(26)27;/h1-9H2,(H,18,19)(H,20,21)(H,22,23)(H,24,25)(H,26,27);/q;+4/p-4/i;1-2. The first kappa shape index (κ1) is 28.2. The Morgan fingerprint density at radius 3 is 0.857 bits per heavy atom. The fourth-order valence-electron chi connectivity index (χ4n) is 2.18. The smallest absolute Gasteiger partial charge is 0.549 e. The molecule has 0 rings (SSSR count). The Bertz CT molecular complexity index is 494. The summed E-state index contributed by atoms with van der Waals surface area (Å²) in [5, 5.41) is 53.3. The van der Waals surface area contributed by atoms with E-state index in [2.05, 4.69) is 0 Å². The van der Waals surface area contributed by atoms with E-state index in [1.54, 1.807) is 0 Å². The largest absolute Gasteiger partial charge is 4.00 e. The van der Waals surface area contributed by atoms with Gasteiger partial charge >= 0.3 is 25.3 Å². The molecule has 0 radical (unpaired) electrons. The molecule has 0 unspecified atom stereocenters. The number of carbonyl (C=O) groups excluding carboxylic acids is 5. The van der Waals surface area contributed by atoms with E-state index in [4.69, 9.17) is 0 Å². The van der Waals surface area contributed by atoms with Crippen molar-refractivity contribution < 1.29 is 50.9 Å². The number of nitrogens with zero attached hydrogens (tertiary/aromatic N) is 3. The van der Waals surface area contributed by atoms with Crippen LogP contribution < -0.4 is 25.5 Å². The van der Waals surface area contributed by atoms with E-state index in [-0.39, 0.29) is 51.5 Å². The van der Waals surface area contributed by atoms with Gasteiger partial charge in [0.2, 0.25) is 0 Å². The molecule has 0 aliphatic heterocycles. The minimum Gasteiger partial charge on any atom is -0.549 e. The van der Waals surface area contributed by atoms with Gasteiger partial charge < -0.3 is 49.5 Å². The topological polar surface area (TPSA) is 210 Å². The molecule has 0 fully saturated rings. The van der Waals surface area contributed by atoms with Crippen LogP contribution in [0.5, 0.6) is 0 Å². The normalized spacial score (nSPS) is 10.7. The van der Waals surface area contributed by atoms with E-state index in [1.165, 1.54) is 4.90 Å². The fraction of sp³-hybridized carbons (Fsp3) is 0.643. The summed E-state index contributed by atoms with van der Waals surface area (Å²) in [6.45, 7) is -4.16. The van der Waals surface area contributed by atoms with Gasteiger partial charge in [-0.2, -0.15) is 0 Å². The van der Waals surface area contributed by atoms with Crippen LogP contribution in [0.25, 0.3) is 0 Å². The van der Waals surface area contributed by atoms with Crippen LogP contribution in [0.15, 0.2) is 0 Å². The van der Waals surface area contributed by atoms with Crippen molar-refractivity contribution >= 4 is 53.8 Å². The molecule has 0 saturated carbocycles. The zero-order valence-electron chi connectivity index (χ0n) is 15.8. The molecule has 154 valence electrons. The molecule has 0 heterocycles. The van der Waals surface area contributed by atoms with E-state index < -0.39 is 62.6 Å². The van der Waals surface area contributed by atoms with Crippen molar-refractivity contribution in [2.24, 2.45) is 0 Å². The maximum atomic E-state index is 10.8. The molecule has 0 aliphatic carbocycles. The number of carboxylic acids is 5. The van der Waals surface area contributed by atoms with Gasteiger partial charge in [-0.15, -0.1) is 0 Å². The molecule has 0 N–H and O–H groups in total. The summed E-state index contributed by atoms with van der Waals surface area (Å²) < 4.78 is 0. The molecule has 0 aliphatic rings. The predicted molar refractivity (Wildman–Crippen MR) is 81.2 cm³/mol. The van der Waals surface area contributed by atoms with E-state index in [9.17, 15) is 49.5 Å². The van der Waals surface area contributed by atoms with Crippen LogP contribution in [0.4, 0.5) is 0 Å². The first-order chi connectivity index (χ1) is 12.5. The number of carbonyl (C=O) groups is 5. The Balaban J connectivity index is -0.00000338. The minimum atomic E-state index is -1.54. The number of aliphatic carboxylic acids is 5. The number of rotatable bonds is 16. The summed E-state index contributed by atoms with van der Waals surface area (Å²) in [5.41, 5.74) is 0. The van der Waals surface area contributed by atoms with Crippen LogP contribution in [-0.2, 0) is 24.0 Å². The summed E-state index contributed by atoms with van der Waals surface area (Å²) in [5.74, 6) is -7.67. The molecular formula is C14H19N3O10Sn. The molecule has 0 aromatic heterocycles. The van der Waals surface area contributed by atoms with Crippen molar-refractivity contribution in [3.8, 4) is 0 Å². The first-order valence-corrected chi connectivity index (χ1v) is 7.66. The zero-order chi connectivity index (χ0) is 21.0. The third kappa shape index (κ3) is 16.2. The van der Waals surface area contributed by atoms with Crippen LogP contribution in [0.1, 0.15) is 1.43 Å². The van der Waals surface area contributed by atoms with Gasteiger partial charge in [-0.1, -0.05) is 0 Å². The maximum absolute atomic E-state index is 10.8. The van der Waals surface area contributed by atoms with Gasteiger partial charge in [0, 0.05) is 58.9 Å². The van der Waals surface area contributed by atoms with Gasteiger partial charge in [0.1, 0.15) is 0 Å². The van der Waals surface area contributed by atoms with Crippen LogP contribution in [0.3, 0.4) is 0 Å². The third-order valence-electron chi connectivity index (χ3n) is 3.23. The van der Waals surface area contributed by atoms with Crippen LogP contribution in [-0.4, -0.2) is 127 Å². The van der Waals surface area contributed by atoms with Gasteiger partial charge in [-0.05, 0) is 0 Å². The van der Waals surface area contributed by atoms with Gasteiger partial charge in [0.15, 0.2) is 0 Å². The molecule has 0 aromatic carbocycles. The molecule has 0 atom stereocenters. The average Bonchev–Trinajstić information content (AvgIpc) is 2.46. The van der Waals surface area contributed by atoms with Crippen molar-refractivity contribution in [3.63, 3.8) is 0 Å². The van der Waals surface area contributed by atoms with Gasteiger partial charge in [-0.25, -0.2) is 0 Å². The SMILES string of the molecule is O=C([O-])CN(CCN(CC(=O)[O-])CC(=O)[O-])CCN(CC(=O)[O-])CC(=O)[O-].[117Sn+4].[H+]. The summed E-state index contributed by atoms with van der Waals surface area (Å²) in [7, 11) is 0. The molecule has 0 spiro atoms. The van der Waals surface area contributed by atoms with Crippen molar-refractivity contribution in [2.75, 3.05) is 58.9 Å². The number of hydrogen-bond acceptors (Lipinski definition) is 13. The van der Waals surface area contributed by atoms with Crippen molar-refractivity contribution in [3.05, 3.63) is 0 Å². The third-order valence-corrected chi connectivity index (χ3v) is 3.23. The van der Waals surface area contributed by atoms with E-state index in [1.807, 2.05) is 0 Å². The summed E-state index contributed by atoms with van der Waals surface area (Å²) in [6.07, 6.45) is 0. The van der Waals surface area contributed by atoms with Gasteiger partial charge in [0.25, 0.3) is 0 Å². The number of carboxylic acid groups (broad SMARTS) is 5. The Hall–Kier alpha value is -1.97. The summed E-state index contributed by atoms with van der Waals surface area (Å²) in [4.78, 5) is 56.4. The molecular weight excluding hydrogens is 487 g/mol. The Morgan fingerprint density at radius 1 is 0.464 bits per heavy atom. The molecule has 28 heavy (non-hydrogen) atoms. The fourth-order valence-corrected chi connectivity index (χ4v) is 2.18. The summed E-state index contributed by atoms with van der Waals surface area (Å²) in [6, 6.07) is 0. The van der Waals surface area contributed by atoms with Crippen LogP contribution in [0.2, 0.25) is 0 Å². The quantitative estimate of drug-likeness (QED) is 0.178. The van der Waals surface area contributed by atoms with Crippen molar-refractivity contribution in [1.29, 1.82) is 0 Å². The van der Waals surface area contributed by atoms with Gasteiger partial charge in [-0.3, -0.25) is 14.7 Å². The molecule has 0 aromatic rings. The summed E-state index contributed by atoms with van der Waals surface area (Å²) >= 11 is 0. The molecule has 13 nitrogen and oxygen atoms in total. The Morgan fingerprint density at radius 2 is 0.643 bits per heavy atom. The second kappa shape index (κ2) is 15.0. The Kier molecular flexibility index (Phi) is 15.1. The molecule has 0 bridgehead atoms. The van der Waals surface area contributed by atoms with Crippen LogP contribution in [0, 0.1) is 0 Å². The van der Waals surface area contributed by atoms with E-state index in [0.717, 1.165) is 9.80 Å². The van der Waals surface area contributed by atoms with Gasteiger partial charge in [0.05, 0.1) is 29.8 Å². The maximum Gasteiger partial charge on any atom is 4.00 e.